The minimum atomic E-state index is -0.0592. The van der Waals surface area contributed by atoms with E-state index >= 15 is 0 Å². The quantitative estimate of drug-likeness (QED) is 0.847. The van der Waals surface area contributed by atoms with E-state index in [4.69, 9.17) is 0 Å². The monoisotopic (exact) mass is 293 g/mol. The molecule has 1 amide bonds. The summed E-state index contributed by atoms with van der Waals surface area (Å²) >= 11 is 1.84. The maximum absolute atomic E-state index is 12.3. The number of anilines is 1. The minimum absolute atomic E-state index is 0.0592. The molecule has 2 atom stereocenters. The molecule has 2 rings (SSSR count). The molecule has 0 spiro atoms. The zero-order valence-corrected chi connectivity index (χ0v) is 13.0. The first-order chi connectivity index (χ1) is 9.74. The van der Waals surface area contributed by atoms with Crippen molar-refractivity contribution in [2.45, 2.75) is 43.9 Å². The molecule has 1 heterocycles. The standard InChI is InChI=1S/C15H23N3OS/c1-3-10-16-14-9-5-7-12(17-14)15(19)18-11-6-4-8-13(11)20-2/h5,7,9,11,13H,3-4,6,8,10H2,1-2H3,(H,16,17)(H,18,19). The van der Waals surface area contributed by atoms with Crippen LogP contribution in [-0.4, -0.2) is 35.0 Å². The average Bonchev–Trinajstić information content (AvgIpc) is 2.92. The summed E-state index contributed by atoms with van der Waals surface area (Å²) in [5.41, 5.74) is 0.498. The molecule has 2 unspecified atom stereocenters. The molecule has 1 aliphatic rings. The molecular formula is C15H23N3OS. The Morgan fingerprint density at radius 3 is 3.05 bits per heavy atom. The largest absolute Gasteiger partial charge is 0.370 e. The number of aromatic nitrogens is 1. The van der Waals surface area contributed by atoms with Crippen LogP contribution >= 0.6 is 11.8 Å². The van der Waals surface area contributed by atoms with Crippen molar-refractivity contribution in [3.8, 4) is 0 Å². The van der Waals surface area contributed by atoms with E-state index in [9.17, 15) is 4.79 Å². The third-order valence-corrected chi connectivity index (χ3v) is 4.78. The number of amides is 1. The number of hydrogen-bond acceptors (Lipinski definition) is 4. The van der Waals surface area contributed by atoms with Crippen LogP contribution in [-0.2, 0) is 0 Å². The summed E-state index contributed by atoms with van der Waals surface area (Å²) < 4.78 is 0. The van der Waals surface area contributed by atoms with Gasteiger partial charge in [0, 0.05) is 17.8 Å². The fourth-order valence-corrected chi connectivity index (χ4v) is 3.46. The molecule has 20 heavy (non-hydrogen) atoms. The van der Waals surface area contributed by atoms with Crippen LogP contribution in [0.4, 0.5) is 5.82 Å². The van der Waals surface area contributed by atoms with Crippen molar-refractivity contribution in [1.29, 1.82) is 0 Å². The maximum Gasteiger partial charge on any atom is 0.270 e. The topological polar surface area (TPSA) is 54.0 Å². The summed E-state index contributed by atoms with van der Waals surface area (Å²) in [4.78, 5) is 16.7. The average molecular weight is 293 g/mol. The summed E-state index contributed by atoms with van der Waals surface area (Å²) in [5, 5.41) is 6.88. The number of carbonyl (C=O) groups is 1. The van der Waals surface area contributed by atoms with Gasteiger partial charge >= 0.3 is 0 Å². The normalized spacial score (nSPS) is 21.7. The Hall–Kier alpha value is -1.23. The number of pyridine rings is 1. The number of thioether (sulfide) groups is 1. The van der Waals surface area contributed by atoms with Gasteiger partial charge in [0.25, 0.3) is 5.91 Å². The fraction of sp³-hybridized carbons (Fsp3) is 0.600. The lowest BCUT2D eigenvalue weighted by Crippen LogP contribution is -2.39. The van der Waals surface area contributed by atoms with Crippen molar-refractivity contribution in [2.75, 3.05) is 18.1 Å². The van der Waals surface area contributed by atoms with Gasteiger partial charge in [-0.25, -0.2) is 4.98 Å². The van der Waals surface area contributed by atoms with Gasteiger partial charge in [0.1, 0.15) is 11.5 Å². The van der Waals surface area contributed by atoms with Crippen molar-refractivity contribution >= 4 is 23.5 Å². The van der Waals surface area contributed by atoms with E-state index in [1.807, 2.05) is 23.9 Å². The highest BCUT2D eigenvalue weighted by Crippen LogP contribution is 2.28. The van der Waals surface area contributed by atoms with Gasteiger partial charge in [-0.2, -0.15) is 11.8 Å². The SMILES string of the molecule is CCCNc1cccc(C(=O)NC2CCCC2SC)n1. The molecule has 1 fully saturated rings. The van der Waals surface area contributed by atoms with Crippen LogP contribution in [0.1, 0.15) is 43.1 Å². The summed E-state index contributed by atoms with van der Waals surface area (Å²) in [5.74, 6) is 0.712. The molecule has 0 bridgehead atoms. The predicted molar refractivity (Wildman–Crippen MR) is 85.4 cm³/mol. The van der Waals surface area contributed by atoms with Crippen LogP contribution in [0.5, 0.6) is 0 Å². The van der Waals surface area contributed by atoms with Crippen LogP contribution in [0, 0.1) is 0 Å². The first kappa shape index (κ1) is 15.2. The summed E-state index contributed by atoms with van der Waals surface area (Å²) in [7, 11) is 0. The predicted octanol–water partition coefficient (Wildman–Crippen LogP) is 2.92. The Morgan fingerprint density at radius 2 is 2.30 bits per heavy atom. The highest BCUT2D eigenvalue weighted by Gasteiger charge is 2.28. The van der Waals surface area contributed by atoms with E-state index in [0.717, 1.165) is 25.2 Å². The van der Waals surface area contributed by atoms with Crippen LogP contribution in [0.15, 0.2) is 18.2 Å². The molecule has 0 radical (unpaired) electrons. The molecule has 0 saturated heterocycles. The van der Waals surface area contributed by atoms with Crippen LogP contribution < -0.4 is 10.6 Å². The Kier molecular flexibility index (Phi) is 5.71. The molecule has 1 saturated carbocycles. The van der Waals surface area contributed by atoms with Crippen molar-refractivity contribution in [1.82, 2.24) is 10.3 Å². The number of hydrogen-bond donors (Lipinski definition) is 2. The van der Waals surface area contributed by atoms with Crippen LogP contribution in [0.25, 0.3) is 0 Å². The Balaban J connectivity index is 1.98. The first-order valence-corrected chi connectivity index (χ1v) is 8.58. The zero-order valence-electron chi connectivity index (χ0n) is 12.2. The van der Waals surface area contributed by atoms with E-state index in [1.54, 1.807) is 6.07 Å². The van der Waals surface area contributed by atoms with Crippen LogP contribution in [0.2, 0.25) is 0 Å². The van der Waals surface area contributed by atoms with Gasteiger partial charge in [0.2, 0.25) is 0 Å². The fourth-order valence-electron chi connectivity index (χ4n) is 2.53. The minimum Gasteiger partial charge on any atom is -0.370 e. The van der Waals surface area contributed by atoms with Gasteiger partial charge < -0.3 is 10.6 Å². The van der Waals surface area contributed by atoms with Gasteiger partial charge in [-0.1, -0.05) is 19.4 Å². The Bertz CT molecular complexity index is 452. The van der Waals surface area contributed by atoms with Gasteiger partial charge in [0.05, 0.1) is 0 Å². The summed E-state index contributed by atoms with van der Waals surface area (Å²) in [6.07, 6.45) is 6.61. The molecule has 5 heteroatoms. The van der Waals surface area contributed by atoms with E-state index in [2.05, 4.69) is 28.8 Å². The van der Waals surface area contributed by atoms with E-state index in [-0.39, 0.29) is 11.9 Å². The second kappa shape index (κ2) is 7.53. The third-order valence-electron chi connectivity index (χ3n) is 3.61. The second-order valence-corrected chi connectivity index (χ2v) is 6.20. The van der Waals surface area contributed by atoms with Gasteiger partial charge in [0.15, 0.2) is 0 Å². The van der Waals surface area contributed by atoms with E-state index in [0.29, 0.717) is 10.9 Å². The lowest BCUT2D eigenvalue weighted by atomic mass is 10.2. The molecular weight excluding hydrogens is 270 g/mol. The molecule has 110 valence electrons. The summed E-state index contributed by atoms with van der Waals surface area (Å²) in [6, 6.07) is 5.83. The molecule has 0 aromatic carbocycles. The zero-order chi connectivity index (χ0) is 14.4. The second-order valence-electron chi connectivity index (χ2n) is 5.12. The number of rotatable bonds is 6. The first-order valence-electron chi connectivity index (χ1n) is 7.29. The highest BCUT2D eigenvalue weighted by atomic mass is 32.2. The number of nitrogens with one attached hydrogen (secondary N) is 2. The third kappa shape index (κ3) is 3.88. The highest BCUT2D eigenvalue weighted by molar-refractivity contribution is 7.99. The summed E-state index contributed by atoms with van der Waals surface area (Å²) in [6.45, 7) is 2.97. The molecule has 1 aliphatic carbocycles. The number of carbonyl (C=O) groups excluding carboxylic acids is 1. The molecule has 1 aromatic rings. The van der Waals surface area contributed by atoms with E-state index in [1.165, 1.54) is 12.8 Å². The van der Waals surface area contributed by atoms with Crippen molar-refractivity contribution in [3.63, 3.8) is 0 Å². The lowest BCUT2D eigenvalue weighted by Gasteiger charge is -2.19. The molecule has 4 nitrogen and oxygen atoms in total. The van der Waals surface area contributed by atoms with Gasteiger partial charge in [-0.15, -0.1) is 0 Å². The van der Waals surface area contributed by atoms with Gasteiger partial charge in [-0.3, -0.25) is 4.79 Å². The van der Waals surface area contributed by atoms with Crippen molar-refractivity contribution in [3.05, 3.63) is 23.9 Å². The van der Waals surface area contributed by atoms with Crippen LogP contribution in [0.3, 0.4) is 0 Å². The Labute approximate surface area is 125 Å². The Morgan fingerprint density at radius 1 is 1.45 bits per heavy atom. The van der Waals surface area contributed by atoms with Crippen molar-refractivity contribution in [2.24, 2.45) is 0 Å². The van der Waals surface area contributed by atoms with E-state index < -0.39 is 0 Å². The molecule has 0 aliphatic heterocycles. The maximum atomic E-state index is 12.3. The molecule has 1 aromatic heterocycles. The van der Waals surface area contributed by atoms with Crippen molar-refractivity contribution < 1.29 is 4.79 Å². The lowest BCUT2D eigenvalue weighted by molar-refractivity contribution is 0.0934. The number of nitrogens with zero attached hydrogens (tertiary/aromatic N) is 1. The van der Waals surface area contributed by atoms with Gasteiger partial charge in [-0.05, 0) is 37.7 Å². The smallest absolute Gasteiger partial charge is 0.270 e. The molecule has 2 N–H and O–H groups in total.